The maximum Gasteiger partial charge on any atom is 0.473 e. The van der Waals surface area contributed by atoms with Crippen molar-refractivity contribution in [1.29, 1.82) is 0 Å². The molecule has 0 saturated carbocycles. The molecule has 0 rings (SSSR count). The van der Waals surface area contributed by atoms with E-state index in [-0.39, 0.29) is 0 Å². The number of alkyl halides is 18. The Morgan fingerprint density at radius 1 is 0.658 bits per heavy atom. The minimum Gasteiger partial charge on any atom is -0.462 e. The molecule has 1 atom stereocenters. The molecule has 0 N–H and O–H groups in total. The van der Waals surface area contributed by atoms with Crippen molar-refractivity contribution in [3.05, 3.63) is 12.7 Å². The fraction of sp³-hybridized carbons (Fsp3) is 0.750. The number of hydrogen-bond acceptors (Lipinski definition) is 4. The molecule has 1 unspecified atom stereocenters. The molecular weight excluding hydrogens is 598 g/mol. The highest BCUT2D eigenvalue weighted by molar-refractivity contribution is 5.81. The molecule has 224 valence electrons. The molecule has 0 aliphatic rings. The van der Waals surface area contributed by atoms with Gasteiger partial charge in [0, 0.05) is 12.5 Å². The first-order valence-electron chi connectivity index (χ1n) is 8.86. The monoisotopic (exact) mass is 608 g/mol. The molecule has 0 fully saturated rings. The molecule has 0 heterocycles. The van der Waals surface area contributed by atoms with E-state index in [9.17, 15) is 88.6 Å². The number of ether oxygens (including phenoxy) is 2. The molecule has 38 heavy (non-hydrogen) atoms. The third-order valence-corrected chi connectivity index (χ3v) is 4.17. The van der Waals surface area contributed by atoms with Crippen LogP contribution in [0.5, 0.6) is 0 Å². The lowest BCUT2D eigenvalue weighted by Gasteiger charge is -2.42. The van der Waals surface area contributed by atoms with Crippen LogP contribution in [0.3, 0.4) is 0 Å². The Balaban J connectivity index is 6.10. The third kappa shape index (κ3) is 5.86. The maximum absolute atomic E-state index is 13.5. The second-order valence-electron chi connectivity index (χ2n) is 6.90. The number of rotatable bonds is 13. The Morgan fingerprint density at radius 3 is 1.39 bits per heavy atom. The molecule has 0 radical (unpaired) electrons. The van der Waals surface area contributed by atoms with Crippen LogP contribution in [0, 0.1) is 0 Å². The first kappa shape index (κ1) is 35.4. The Kier molecular flexibility index (Phi) is 9.82. The van der Waals surface area contributed by atoms with Gasteiger partial charge in [0.1, 0.15) is 6.17 Å². The van der Waals surface area contributed by atoms with E-state index in [1.165, 1.54) is 0 Å². The predicted octanol–water partition coefficient (Wildman–Crippen LogP) is 6.34. The van der Waals surface area contributed by atoms with Gasteiger partial charge in [-0.15, -0.1) is 0 Å². The highest BCUT2D eigenvalue weighted by Crippen LogP contribution is 2.64. The summed E-state index contributed by atoms with van der Waals surface area (Å²) >= 11 is 0. The Labute approximate surface area is 197 Å². The molecule has 0 bridgehead atoms. The number of carbonyl (C=O) groups is 2. The fourth-order valence-electron chi connectivity index (χ4n) is 2.03. The van der Waals surface area contributed by atoms with Crippen LogP contribution in [0.15, 0.2) is 12.7 Å². The summed E-state index contributed by atoms with van der Waals surface area (Å²) in [5.41, 5.74) is 0. The topological polar surface area (TPSA) is 52.6 Å². The van der Waals surface area contributed by atoms with Gasteiger partial charge in [-0.05, 0) is 0 Å². The largest absolute Gasteiger partial charge is 0.473 e. The van der Waals surface area contributed by atoms with Crippen LogP contribution in [0.4, 0.5) is 79.0 Å². The second kappa shape index (κ2) is 10.5. The van der Waals surface area contributed by atoms with E-state index in [4.69, 9.17) is 0 Å². The molecule has 0 saturated heterocycles. The zero-order valence-electron chi connectivity index (χ0n) is 17.4. The van der Waals surface area contributed by atoms with Gasteiger partial charge in [-0.2, -0.15) is 74.6 Å². The zero-order valence-corrected chi connectivity index (χ0v) is 17.4. The Bertz CT molecular complexity index is 878. The average Bonchev–Trinajstić information content (AvgIpc) is 2.71. The van der Waals surface area contributed by atoms with Crippen molar-refractivity contribution >= 4 is 11.9 Å². The molecule has 4 nitrogen and oxygen atoms in total. The van der Waals surface area contributed by atoms with Gasteiger partial charge in [0.05, 0.1) is 13.0 Å². The van der Waals surface area contributed by atoms with Gasteiger partial charge in [0.2, 0.25) is 0 Å². The van der Waals surface area contributed by atoms with Crippen LogP contribution in [0.2, 0.25) is 0 Å². The molecule has 0 aromatic carbocycles. The van der Waals surface area contributed by atoms with Crippen molar-refractivity contribution in [3.63, 3.8) is 0 Å². The van der Waals surface area contributed by atoms with Crippen LogP contribution in [-0.2, 0) is 19.1 Å². The quantitative estimate of drug-likeness (QED) is 0.139. The second-order valence-corrected chi connectivity index (χ2v) is 6.90. The van der Waals surface area contributed by atoms with Crippen molar-refractivity contribution < 1.29 is 98.1 Å². The van der Waals surface area contributed by atoms with Crippen LogP contribution in [-0.4, -0.2) is 72.5 Å². The Morgan fingerprint density at radius 2 is 1.03 bits per heavy atom. The summed E-state index contributed by atoms with van der Waals surface area (Å²) in [5.74, 6) is -55.8. The van der Waals surface area contributed by atoms with Crippen molar-refractivity contribution in [2.75, 3.05) is 6.61 Å². The van der Waals surface area contributed by atoms with E-state index in [1.807, 2.05) is 0 Å². The normalized spacial score (nSPS) is 15.6. The molecule has 0 aliphatic heterocycles. The number of hydrogen-bond donors (Lipinski definition) is 0. The number of esters is 2. The van der Waals surface area contributed by atoms with Crippen LogP contribution >= 0.6 is 0 Å². The number of halogens is 18. The van der Waals surface area contributed by atoms with Crippen molar-refractivity contribution in [1.82, 2.24) is 0 Å². The van der Waals surface area contributed by atoms with Gasteiger partial charge >= 0.3 is 59.8 Å². The van der Waals surface area contributed by atoms with E-state index < -0.39 is 85.4 Å². The first-order chi connectivity index (χ1) is 16.5. The molecule has 0 aromatic heterocycles. The summed E-state index contributed by atoms with van der Waals surface area (Å²) in [6.07, 6.45) is -20.8. The molecule has 22 heteroatoms. The maximum atomic E-state index is 13.5. The third-order valence-electron chi connectivity index (χ3n) is 4.17. The van der Waals surface area contributed by atoms with Crippen LogP contribution < -0.4 is 0 Å². The fourth-order valence-corrected chi connectivity index (χ4v) is 2.03. The van der Waals surface area contributed by atoms with Crippen molar-refractivity contribution in [2.24, 2.45) is 0 Å². The molecule has 0 aliphatic carbocycles. The lowest BCUT2D eigenvalue weighted by molar-refractivity contribution is -0.474. The predicted molar refractivity (Wildman–Crippen MR) is 82.1 cm³/mol. The van der Waals surface area contributed by atoms with E-state index in [0.717, 1.165) is 0 Å². The standard InChI is InChI=1S/C16H10F18O4/c1-2-7(35)37-4-3-6(17)5-8(36)38-16(33,34)14(28,29)12(24,25)10(20,21)9(18,19)11(22,23)13(26,27)15(30,31)32/h2,6H,1,3-5H2. The van der Waals surface area contributed by atoms with E-state index in [1.54, 1.807) is 0 Å². The lowest BCUT2D eigenvalue weighted by atomic mass is 9.90. The van der Waals surface area contributed by atoms with Gasteiger partial charge < -0.3 is 9.47 Å². The number of carbonyl (C=O) groups excluding carboxylic acids is 2. The summed E-state index contributed by atoms with van der Waals surface area (Å²) < 4.78 is 242. The van der Waals surface area contributed by atoms with Crippen LogP contribution in [0.25, 0.3) is 0 Å². The van der Waals surface area contributed by atoms with E-state index in [0.29, 0.717) is 6.08 Å². The van der Waals surface area contributed by atoms with Crippen LogP contribution in [0.1, 0.15) is 12.8 Å². The van der Waals surface area contributed by atoms with Gasteiger partial charge in [0.15, 0.2) is 0 Å². The first-order valence-corrected chi connectivity index (χ1v) is 8.86. The van der Waals surface area contributed by atoms with Gasteiger partial charge in [-0.25, -0.2) is 9.18 Å². The van der Waals surface area contributed by atoms with Crippen molar-refractivity contribution in [3.8, 4) is 0 Å². The van der Waals surface area contributed by atoms with Gasteiger partial charge in [-0.3, -0.25) is 4.79 Å². The SMILES string of the molecule is C=CC(=O)OCCC(F)CC(=O)OC(F)(F)C(F)(F)C(F)(F)C(F)(F)C(F)(F)C(F)(F)C(F)(F)C(F)(F)F. The lowest BCUT2D eigenvalue weighted by Crippen LogP contribution is -2.74. The van der Waals surface area contributed by atoms with E-state index >= 15 is 0 Å². The molecule has 0 spiro atoms. The van der Waals surface area contributed by atoms with Gasteiger partial charge in [-0.1, -0.05) is 6.58 Å². The van der Waals surface area contributed by atoms with Crippen molar-refractivity contribution in [2.45, 2.75) is 66.8 Å². The summed E-state index contributed by atoms with van der Waals surface area (Å²) in [5, 5.41) is 0. The van der Waals surface area contributed by atoms with Gasteiger partial charge in [0.25, 0.3) is 0 Å². The molecular formula is C16H10F18O4. The minimum atomic E-state index is -8.84. The minimum absolute atomic E-state index is 0.518. The highest BCUT2D eigenvalue weighted by Gasteiger charge is 2.95. The molecule has 0 aromatic rings. The summed E-state index contributed by atoms with van der Waals surface area (Å²) in [6.45, 7) is 1.91. The Hall–Kier alpha value is -2.58. The smallest absolute Gasteiger partial charge is 0.462 e. The molecule has 0 amide bonds. The summed E-state index contributed by atoms with van der Waals surface area (Å²) in [6, 6.07) is 0. The summed E-state index contributed by atoms with van der Waals surface area (Å²) in [7, 11) is 0. The average molecular weight is 608 g/mol. The highest BCUT2D eigenvalue weighted by atomic mass is 19.4. The van der Waals surface area contributed by atoms with E-state index in [2.05, 4.69) is 16.1 Å². The zero-order chi connectivity index (χ0) is 31.0. The summed E-state index contributed by atoms with van der Waals surface area (Å²) in [4.78, 5) is 21.8.